The van der Waals surface area contributed by atoms with Gasteiger partial charge in [0.2, 0.25) is 0 Å². The molecule has 1 aliphatic rings. The molecule has 3 aromatic carbocycles. The summed E-state index contributed by atoms with van der Waals surface area (Å²) in [5, 5.41) is 2.55. The third-order valence-electron chi connectivity index (χ3n) is 5.76. The summed E-state index contributed by atoms with van der Waals surface area (Å²) in [5.74, 6) is 0.135. The van der Waals surface area contributed by atoms with E-state index in [1.165, 1.54) is 4.90 Å². The van der Waals surface area contributed by atoms with Gasteiger partial charge in [0.25, 0.3) is 17.1 Å². The lowest BCUT2D eigenvalue weighted by molar-refractivity contribution is -0.123. The number of hydrogen-bond acceptors (Lipinski definition) is 6. The van der Waals surface area contributed by atoms with Crippen LogP contribution < -0.4 is 14.8 Å². The molecular formula is C29H26BrIN2O5S. The normalized spacial score (nSPS) is 14.2. The van der Waals surface area contributed by atoms with E-state index in [0.717, 1.165) is 37.7 Å². The van der Waals surface area contributed by atoms with Crippen molar-refractivity contribution in [1.82, 2.24) is 4.90 Å². The molecule has 0 radical (unpaired) electrons. The van der Waals surface area contributed by atoms with Gasteiger partial charge < -0.3 is 14.8 Å². The maximum Gasteiger partial charge on any atom is 0.293 e. The maximum atomic E-state index is 13.0. The smallest absolute Gasteiger partial charge is 0.293 e. The van der Waals surface area contributed by atoms with Crippen LogP contribution in [0.3, 0.4) is 0 Å². The summed E-state index contributed by atoms with van der Waals surface area (Å²) < 4.78 is 13.2. The summed E-state index contributed by atoms with van der Waals surface area (Å²) in [6, 6.07) is 17.0. The summed E-state index contributed by atoms with van der Waals surface area (Å²) in [6.45, 7) is 6.13. The SMILES string of the molecule is CCOc1cc(/C=C2\SC(=O)N(Cc3ccc(I)cc3)C2=O)cc(Br)c1OCC(=O)Nc1ccc(C)cc1C. The van der Waals surface area contributed by atoms with Crippen molar-refractivity contribution in [3.63, 3.8) is 0 Å². The number of benzene rings is 3. The van der Waals surface area contributed by atoms with E-state index in [1.807, 2.05) is 63.2 Å². The minimum atomic E-state index is -0.346. The molecule has 0 aliphatic carbocycles. The molecule has 0 spiro atoms. The molecule has 1 N–H and O–H groups in total. The van der Waals surface area contributed by atoms with Gasteiger partial charge in [-0.05, 0) is 124 Å². The highest BCUT2D eigenvalue weighted by Gasteiger charge is 2.35. The minimum Gasteiger partial charge on any atom is -0.490 e. The van der Waals surface area contributed by atoms with Crippen LogP contribution in [0.2, 0.25) is 0 Å². The van der Waals surface area contributed by atoms with Gasteiger partial charge in [0, 0.05) is 9.26 Å². The Hall–Kier alpha value is -2.83. The molecule has 0 aromatic heterocycles. The number of rotatable bonds is 9. The fourth-order valence-electron chi connectivity index (χ4n) is 3.91. The molecule has 1 fully saturated rings. The number of nitrogens with one attached hydrogen (secondary N) is 1. The molecule has 0 atom stereocenters. The van der Waals surface area contributed by atoms with Crippen molar-refractivity contribution in [1.29, 1.82) is 0 Å². The summed E-state index contributed by atoms with van der Waals surface area (Å²) in [7, 11) is 0. The van der Waals surface area contributed by atoms with Gasteiger partial charge in [0.1, 0.15) is 0 Å². The van der Waals surface area contributed by atoms with Crippen LogP contribution in [0.5, 0.6) is 11.5 Å². The molecule has 7 nitrogen and oxygen atoms in total. The van der Waals surface area contributed by atoms with E-state index < -0.39 is 0 Å². The summed E-state index contributed by atoms with van der Waals surface area (Å²) in [4.78, 5) is 39.8. The van der Waals surface area contributed by atoms with Gasteiger partial charge in [-0.15, -0.1) is 0 Å². The number of carbonyl (C=O) groups is 3. The van der Waals surface area contributed by atoms with E-state index in [2.05, 4.69) is 43.8 Å². The first kappa shape index (κ1) is 29.2. The summed E-state index contributed by atoms with van der Waals surface area (Å²) >= 11 is 6.62. The zero-order valence-electron chi connectivity index (χ0n) is 21.5. The highest BCUT2D eigenvalue weighted by Crippen LogP contribution is 2.39. The van der Waals surface area contributed by atoms with Crippen LogP contribution in [0, 0.1) is 17.4 Å². The van der Waals surface area contributed by atoms with Crippen LogP contribution in [-0.4, -0.2) is 35.2 Å². The zero-order valence-corrected chi connectivity index (χ0v) is 26.1. The van der Waals surface area contributed by atoms with E-state index in [-0.39, 0.29) is 30.2 Å². The Balaban J connectivity index is 1.48. The van der Waals surface area contributed by atoms with Crippen LogP contribution >= 0.6 is 50.3 Å². The number of nitrogens with zero attached hydrogens (tertiary/aromatic N) is 1. The number of thioether (sulfide) groups is 1. The fourth-order valence-corrected chi connectivity index (χ4v) is 5.68. The van der Waals surface area contributed by atoms with Gasteiger partial charge in [-0.2, -0.15) is 0 Å². The molecular weight excluding hydrogens is 695 g/mol. The zero-order chi connectivity index (χ0) is 28.1. The Morgan fingerprint density at radius 2 is 1.82 bits per heavy atom. The number of aryl methyl sites for hydroxylation is 2. The van der Waals surface area contributed by atoms with E-state index in [4.69, 9.17) is 9.47 Å². The minimum absolute atomic E-state index is 0.212. The highest BCUT2D eigenvalue weighted by atomic mass is 127. The number of carbonyl (C=O) groups excluding carboxylic acids is 3. The predicted molar refractivity (Wildman–Crippen MR) is 166 cm³/mol. The van der Waals surface area contributed by atoms with Gasteiger partial charge in [0.05, 0.1) is 22.5 Å². The van der Waals surface area contributed by atoms with Crippen LogP contribution in [0.15, 0.2) is 64.0 Å². The van der Waals surface area contributed by atoms with Crippen molar-refractivity contribution in [3.05, 3.63) is 89.8 Å². The second kappa shape index (κ2) is 13.0. The van der Waals surface area contributed by atoms with Crippen molar-refractivity contribution in [2.24, 2.45) is 0 Å². The van der Waals surface area contributed by atoms with Crippen molar-refractivity contribution in [2.45, 2.75) is 27.3 Å². The van der Waals surface area contributed by atoms with Gasteiger partial charge in [0.15, 0.2) is 18.1 Å². The van der Waals surface area contributed by atoms with Gasteiger partial charge in [-0.25, -0.2) is 0 Å². The first-order valence-corrected chi connectivity index (χ1v) is 14.8. The van der Waals surface area contributed by atoms with Crippen molar-refractivity contribution in [2.75, 3.05) is 18.5 Å². The third kappa shape index (κ3) is 7.43. The van der Waals surface area contributed by atoms with E-state index >= 15 is 0 Å². The number of ether oxygens (including phenoxy) is 2. The van der Waals surface area contributed by atoms with Crippen LogP contribution in [0.4, 0.5) is 10.5 Å². The lowest BCUT2D eigenvalue weighted by atomic mass is 10.1. The molecule has 3 aromatic rings. The maximum absolute atomic E-state index is 13.0. The van der Waals surface area contributed by atoms with Crippen molar-refractivity contribution >= 4 is 79.1 Å². The van der Waals surface area contributed by atoms with Gasteiger partial charge >= 0.3 is 0 Å². The molecule has 1 heterocycles. The monoisotopic (exact) mass is 720 g/mol. The first-order chi connectivity index (χ1) is 18.6. The first-order valence-electron chi connectivity index (χ1n) is 12.1. The average molecular weight is 721 g/mol. The molecule has 1 aliphatic heterocycles. The van der Waals surface area contributed by atoms with E-state index in [1.54, 1.807) is 18.2 Å². The largest absolute Gasteiger partial charge is 0.490 e. The molecule has 1 saturated heterocycles. The number of hydrogen-bond donors (Lipinski definition) is 1. The standard InChI is InChI=1S/C29H26BrIN2O5S/c1-4-37-24-13-20(14-25-28(35)33(29(36)39-25)15-19-6-8-21(31)9-7-19)12-22(30)27(24)38-16-26(34)32-23-10-5-17(2)11-18(23)3/h5-14H,4,15-16H2,1-3H3,(H,32,34)/b25-14-. The molecule has 202 valence electrons. The lowest BCUT2D eigenvalue weighted by Gasteiger charge is -2.15. The Kier molecular flexibility index (Phi) is 9.73. The lowest BCUT2D eigenvalue weighted by Crippen LogP contribution is -2.27. The summed E-state index contributed by atoms with van der Waals surface area (Å²) in [6.07, 6.45) is 1.66. The Morgan fingerprint density at radius 3 is 2.51 bits per heavy atom. The average Bonchev–Trinajstić information content (AvgIpc) is 3.14. The molecule has 4 rings (SSSR count). The summed E-state index contributed by atoms with van der Waals surface area (Å²) in [5.41, 5.74) is 4.33. The number of amides is 3. The molecule has 3 amide bonds. The Morgan fingerprint density at radius 1 is 1.08 bits per heavy atom. The number of halogens is 2. The molecule has 0 saturated carbocycles. The number of anilines is 1. The second-order valence-electron chi connectivity index (χ2n) is 8.81. The van der Waals surface area contributed by atoms with Crippen LogP contribution in [-0.2, 0) is 16.1 Å². The van der Waals surface area contributed by atoms with E-state index in [0.29, 0.717) is 33.0 Å². The quantitative estimate of drug-likeness (QED) is 0.184. The Labute approximate surface area is 253 Å². The highest BCUT2D eigenvalue weighted by molar-refractivity contribution is 14.1. The van der Waals surface area contributed by atoms with Crippen LogP contribution in [0.1, 0.15) is 29.2 Å². The molecule has 0 bridgehead atoms. The Bertz CT molecular complexity index is 1460. The van der Waals surface area contributed by atoms with Gasteiger partial charge in [-0.3, -0.25) is 19.3 Å². The fraction of sp³-hybridized carbons (Fsp3) is 0.207. The van der Waals surface area contributed by atoms with Crippen LogP contribution in [0.25, 0.3) is 6.08 Å². The topological polar surface area (TPSA) is 84.9 Å². The molecule has 0 unspecified atom stereocenters. The van der Waals surface area contributed by atoms with Crippen molar-refractivity contribution < 1.29 is 23.9 Å². The van der Waals surface area contributed by atoms with E-state index in [9.17, 15) is 14.4 Å². The molecule has 39 heavy (non-hydrogen) atoms. The van der Waals surface area contributed by atoms with Gasteiger partial charge in [-0.1, -0.05) is 29.8 Å². The molecule has 10 heteroatoms. The number of imide groups is 1. The predicted octanol–water partition coefficient (Wildman–Crippen LogP) is 7.32. The third-order valence-corrected chi connectivity index (χ3v) is 7.98. The van der Waals surface area contributed by atoms with Crippen molar-refractivity contribution in [3.8, 4) is 11.5 Å². The second-order valence-corrected chi connectivity index (χ2v) is 11.9.